The van der Waals surface area contributed by atoms with Crippen LogP contribution in [0, 0.1) is 12.8 Å². The van der Waals surface area contributed by atoms with Crippen molar-refractivity contribution in [1.82, 2.24) is 9.88 Å². The Hall–Kier alpha value is -1.83. The monoisotopic (exact) mass is 290 g/mol. The van der Waals surface area contributed by atoms with Crippen LogP contribution in [0.4, 0.5) is 13.2 Å². The number of aromatic nitrogens is 1. The van der Waals surface area contributed by atoms with E-state index in [0.717, 1.165) is 5.69 Å². The first-order valence-electron chi connectivity index (χ1n) is 5.89. The Morgan fingerprint density at radius 1 is 1.50 bits per heavy atom. The molecule has 3 N–H and O–H groups in total. The molecule has 0 aliphatic heterocycles. The Balaban J connectivity index is 2.74. The van der Waals surface area contributed by atoms with E-state index in [1.54, 1.807) is 25.1 Å². The van der Waals surface area contributed by atoms with Crippen molar-refractivity contribution in [2.45, 2.75) is 19.6 Å². The van der Waals surface area contributed by atoms with Gasteiger partial charge in [-0.2, -0.15) is 13.2 Å². The van der Waals surface area contributed by atoms with Crippen LogP contribution in [0.3, 0.4) is 0 Å². The van der Waals surface area contributed by atoms with Gasteiger partial charge in [0.15, 0.2) is 5.84 Å². The summed E-state index contributed by atoms with van der Waals surface area (Å²) in [7, 11) is 1.52. The molecule has 0 aliphatic rings. The second-order valence-electron chi connectivity index (χ2n) is 4.59. The topological polar surface area (TPSA) is 74.7 Å². The van der Waals surface area contributed by atoms with Crippen LogP contribution in [0.25, 0.3) is 0 Å². The van der Waals surface area contributed by atoms with E-state index < -0.39 is 24.5 Å². The second-order valence-corrected chi connectivity index (χ2v) is 4.59. The van der Waals surface area contributed by atoms with E-state index in [1.165, 1.54) is 11.9 Å². The van der Waals surface area contributed by atoms with Gasteiger partial charge in [0.2, 0.25) is 0 Å². The summed E-state index contributed by atoms with van der Waals surface area (Å²) in [6.45, 7) is 1.64. The van der Waals surface area contributed by atoms with Crippen molar-refractivity contribution in [3.05, 3.63) is 29.6 Å². The zero-order valence-electron chi connectivity index (χ0n) is 11.2. The minimum absolute atomic E-state index is 0.243. The summed E-state index contributed by atoms with van der Waals surface area (Å²) in [5, 5.41) is 10.9. The molecular formula is C12H17F3N4O. The third kappa shape index (κ3) is 4.69. The highest BCUT2D eigenvalue weighted by molar-refractivity contribution is 5.83. The number of pyridine rings is 1. The largest absolute Gasteiger partial charge is 0.409 e. The fourth-order valence-electron chi connectivity index (χ4n) is 1.77. The molecule has 1 rings (SSSR count). The molecule has 1 atom stereocenters. The SMILES string of the molecule is Cc1cccc(CN(C)CC(/C(N)=N/O)C(F)(F)F)n1. The molecule has 1 unspecified atom stereocenters. The van der Waals surface area contributed by atoms with Crippen molar-refractivity contribution in [2.75, 3.05) is 13.6 Å². The summed E-state index contributed by atoms with van der Waals surface area (Å²) in [6.07, 6.45) is -4.56. The molecule has 1 aromatic rings. The Bertz CT molecular complexity index is 476. The van der Waals surface area contributed by atoms with E-state index in [1.807, 2.05) is 0 Å². The molecule has 1 heterocycles. The summed E-state index contributed by atoms with van der Waals surface area (Å²) in [4.78, 5) is 5.64. The molecule has 0 spiro atoms. The number of aryl methyl sites for hydroxylation is 1. The lowest BCUT2D eigenvalue weighted by molar-refractivity contribution is -0.159. The maximum atomic E-state index is 12.8. The highest BCUT2D eigenvalue weighted by atomic mass is 19.4. The van der Waals surface area contributed by atoms with Crippen LogP contribution in [-0.4, -0.2) is 40.7 Å². The van der Waals surface area contributed by atoms with Gasteiger partial charge in [-0.15, -0.1) is 0 Å². The van der Waals surface area contributed by atoms with E-state index in [-0.39, 0.29) is 6.54 Å². The Kier molecular flexibility index (Phi) is 5.32. The molecule has 112 valence electrons. The average molecular weight is 290 g/mol. The average Bonchev–Trinajstić information content (AvgIpc) is 2.33. The third-order valence-corrected chi connectivity index (χ3v) is 2.74. The van der Waals surface area contributed by atoms with Gasteiger partial charge in [-0.1, -0.05) is 11.2 Å². The summed E-state index contributed by atoms with van der Waals surface area (Å²) >= 11 is 0. The van der Waals surface area contributed by atoms with Gasteiger partial charge >= 0.3 is 6.18 Å². The van der Waals surface area contributed by atoms with Gasteiger partial charge in [0.25, 0.3) is 0 Å². The number of halogens is 3. The van der Waals surface area contributed by atoms with Crippen molar-refractivity contribution in [3.8, 4) is 0 Å². The summed E-state index contributed by atoms with van der Waals surface area (Å²) in [5.74, 6) is -2.86. The van der Waals surface area contributed by atoms with E-state index >= 15 is 0 Å². The summed E-state index contributed by atoms with van der Waals surface area (Å²) in [6, 6.07) is 5.32. The van der Waals surface area contributed by atoms with Crippen LogP contribution < -0.4 is 5.73 Å². The second kappa shape index (κ2) is 6.56. The molecule has 8 heteroatoms. The van der Waals surface area contributed by atoms with E-state index in [2.05, 4.69) is 10.1 Å². The first-order valence-corrected chi connectivity index (χ1v) is 5.89. The number of rotatable bonds is 5. The molecule has 0 bridgehead atoms. The molecule has 0 aromatic carbocycles. The van der Waals surface area contributed by atoms with Crippen LogP contribution in [0.15, 0.2) is 23.4 Å². The summed E-state index contributed by atoms with van der Waals surface area (Å²) < 4.78 is 38.4. The summed E-state index contributed by atoms with van der Waals surface area (Å²) in [5.41, 5.74) is 6.56. The number of nitrogens with zero attached hydrogens (tertiary/aromatic N) is 3. The Morgan fingerprint density at radius 2 is 2.15 bits per heavy atom. The molecule has 20 heavy (non-hydrogen) atoms. The Morgan fingerprint density at radius 3 is 2.65 bits per heavy atom. The number of oxime groups is 1. The van der Waals surface area contributed by atoms with Crippen LogP contribution in [-0.2, 0) is 6.54 Å². The highest BCUT2D eigenvalue weighted by Gasteiger charge is 2.43. The van der Waals surface area contributed by atoms with Gasteiger partial charge in [-0.25, -0.2) is 0 Å². The van der Waals surface area contributed by atoms with Crippen molar-refractivity contribution in [3.63, 3.8) is 0 Å². The lowest BCUT2D eigenvalue weighted by Crippen LogP contribution is -2.43. The van der Waals surface area contributed by atoms with Crippen molar-refractivity contribution >= 4 is 5.84 Å². The predicted octanol–water partition coefficient (Wildman–Crippen LogP) is 1.75. The molecule has 0 aliphatic carbocycles. The van der Waals surface area contributed by atoms with E-state index in [0.29, 0.717) is 5.69 Å². The number of hydrogen-bond acceptors (Lipinski definition) is 4. The van der Waals surface area contributed by atoms with Crippen molar-refractivity contribution < 1.29 is 18.4 Å². The molecule has 0 radical (unpaired) electrons. The van der Waals surface area contributed by atoms with E-state index in [4.69, 9.17) is 10.9 Å². The number of nitrogens with two attached hydrogens (primary N) is 1. The maximum Gasteiger partial charge on any atom is 0.400 e. The standard InChI is InChI=1S/C12H17F3N4O/c1-8-4-3-5-9(17-8)6-19(2)7-10(11(16)18-20)12(13,14)15/h3-5,10,20H,6-7H2,1-2H3,(H2,16,18). The van der Waals surface area contributed by atoms with E-state index in [9.17, 15) is 13.2 Å². The highest BCUT2D eigenvalue weighted by Crippen LogP contribution is 2.27. The molecule has 5 nitrogen and oxygen atoms in total. The maximum absolute atomic E-state index is 12.8. The lowest BCUT2D eigenvalue weighted by Gasteiger charge is -2.24. The first kappa shape index (κ1) is 16.2. The zero-order valence-corrected chi connectivity index (χ0v) is 11.2. The van der Waals surface area contributed by atoms with Crippen LogP contribution >= 0.6 is 0 Å². The zero-order chi connectivity index (χ0) is 15.3. The van der Waals surface area contributed by atoms with Gasteiger partial charge in [0.05, 0.1) is 5.69 Å². The lowest BCUT2D eigenvalue weighted by atomic mass is 10.1. The molecular weight excluding hydrogens is 273 g/mol. The van der Waals surface area contributed by atoms with Gasteiger partial charge in [-0.3, -0.25) is 9.88 Å². The van der Waals surface area contributed by atoms with Gasteiger partial charge in [-0.05, 0) is 26.1 Å². The molecule has 1 aromatic heterocycles. The van der Waals surface area contributed by atoms with Crippen molar-refractivity contribution in [2.24, 2.45) is 16.8 Å². The molecule has 0 amide bonds. The van der Waals surface area contributed by atoms with Gasteiger partial charge in [0.1, 0.15) is 5.92 Å². The number of amidine groups is 1. The minimum atomic E-state index is -4.56. The quantitative estimate of drug-likeness (QED) is 0.375. The predicted molar refractivity (Wildman–Crippen MR) is 68.3 cm³/mol. The third-order valence-electron chi connectivity index (χ3n) is 2.74. The van der Waals surface area contributed by atoms with Crippen LogP contribution in [0.1, 0.15) is 11.4 Å². The molecule has 0 fully saturated rings. The minimum Gasteiger partial charge on any atom is -0.409 e. The van der Waals surface area contributed by atoms with Gasteiger partial charge < -0.3 is 10.9 Å². The molecule has 0 saturated heterocycles. The number of alkyl halides is 3. The first-order chi connectivity index (χ1) is 9.24. The normalized spacial score (nSPS) is 14.6. The fourth-order valence-corrected chi connectivity index (χ4v) is 1.77. The smallest absolute Gasteiger partial charge is 0.400 e. The van der Waals surface area contributed by atoms with Crippen LogP contribution in [0.2, 0.25) is 0 Å². The van der Waals surface area contributed by atoms with Crippen molar-refractivity contribution in [1.29, 1.82) is 0 Å². The number of hydrogen-bond donors (Lipinski definition) is 2. The van der Waals surface area contributed by atoms with Crippen LogP contribution in [0.5, 0.6) is 0 Å². The van der Waals surface area contributed by atoms with Gasteiger partial charge in [0, 0.05) is 18.8 Å². The fraction of sp³-hybridized carbons (Fsp3) is 0.500. The Labute approximate surface area is 114 Å². The molecule has 0 saturated carbocycles.